The third kappa shape index (κ3) is 4.27. The molecule has 0 aromatic carbocycles. The minimum absolute atomic E-state index is 0.190. The summed E-state index contributed by atoms with van der Waals surface area (Å²) in [5, 5.41) is 8.45. The van der Waals surface area contributed by atoms with Crippen molar-refractivity contribution >= 4 is 11.9 Å². The summed E-state index contributed by atoms with van der Waals surface area (Å²) < 4.78 is 5.42. The zero-order chi connectivity index (χ0) is 13.5. The lowest BCUT2D eigenvalue weighted by Gasteiger charge is -2.17. The first-order valence-corrected chi connectivity index (χ1v) is 5.63. The molecule has 0 spiro atoms. The number of hydrogen-bond acceptors (Lipinski definition) is 6. The minimum atomic E-state index is -0.632. The molecule has 0 saturated heterocycles. The summed E-state index contributed by atoms with van der Waals surface area (Å²) >= 11 is 0. The van der Waals surface area contributed by atoms with E-state index in [1.165, 1.54) is 17.9 Å². The summed E-state index contributed by atoms with van der Waals surface area (Å²) in [5.41, 5.74) is 1.73. The molecule has 0 atom stereocenters. The molecule has 0 radical (unpaired) electrons. The quantitative estimate of drug-likeness (QED) is 0.566. The van der Waals surface area contributed by atoms with Crippen LogP contribution in [-0.2, 0) is 4.74 Å². The van der Waals surface area contributed by atoms with Crippen LogP contribution in [0.5, 0.6) is 0 Å². The van der Waals surface area contributed by atoms with Crippen molar-refractivity contribution in [1.29, 1.82) is 0 Å². The molecule has 0 fully saturated rings. The van der Waals surface area contributed by atoms with Gasteiger partial charge in [0.1, 0.15) is 0 Å². The van der Waals surface area contributed by atoms with Crippen LogP contribution >= 0.6 is 0 Å². The minimum Gasteiger partial charge on any atom is -0.377 e. The topological polar surface area (TPSA) is 87.6 Å². The summed E-state index contributed by atoms with van der Waals surface area (Å²) in [7, 11) is 1.84. The number of carbonyl (C=O) groups excluding carboxylic acids is 1. The number of nitrogens with zero attached hydrogens (tertiary/aromatic N) is 3. The fourth-order valence-electron chi connectivity index (χ4n) is 1.23. The lowest BCUT2D eigenvalue weighted by Crippen LogP contribution is -2.26. The number of likely N-dealkylation sites (N-methyl/N-ethyl adjacent to an activating group) is 1. The molecule has 0 aliphatic carbocycles. The SMILES string of the molecule is CC(C)OCCN(C)c1ncc(C(=O)NO)cn1. The van der Waals surface area contributed by atoms with E-state index >= 15 is 0 Å². The van der Waals surface area contributed by atoms with E-state index in [-0.39, 0.29) is 11.7 Å². The average molecular weight is 254 g/mol. The van der Waals surface area contributed by atoms with Gasteiger partial charge in [0, 0.05) is 26.0 Å². The lowest BCUT2D eigenvalue weighted by atomic mass is 10.3. The van der Waals surface area contributed by atoms with Crippen molar-refractivity contribution in [2.75, 3.05) is 25.1 Å². The first-order valence-electron chi connectivity index (χ1n) is 5.63. The number of amides is 1. The van der Waals surface area contributed by atoms with Crippen LogP contribution in [0.3, 0.4) is 0 Å². The molecule has 0 aliphatic heterocycles. The van der Waals surface area contributed by atoms with E-state index in [0.29, 0.717) is 19.1 Å². The summed E-state index contributed by atoms with van der Waals surface area (Å²) in [6.07, 6.45) is 2.90. The van der Waals surface area contributed by atoms with Crippen molar-refractivity contribution in [3.05, 3.63) is 18.0 Å². The number of aromatic nitrogens is 2. The van der Waals surface area contributed by atoms with Crippen molar-refractivity contribution in [1.82, 2.24) is 15.4 Å². The van der Waals surface area contributed by atoms with Gasteiger partial charge in [0.05, 0.1) is 18.3 Å². The number of hydroxylamine groups is 1. The Balaban J connectivity index is 2.53. The Morgan fingerprint density at radius 3 is 2.61 bits per heavy atom. The maximum Gasteiger partial charge on any atom is 0.277 e. The van der Waals surface area contributed by atoms with Crippen molar-refractivity contribution in [3.8, 4) is 0 Å². The van der Waals surface area contributed by atoms with E-state index in [0.717, 1.165) is 0 Å². The molecule has 1 rings (SSSR count). The highest BCUT2D eigenvalue weighted by molar-refractivity contribution is 5.92. The van der Waals surface area contributed by atoms with Gasteiger partial charge in [-0.05, 0) is 13.8 Å². The van der Waals surface area contributed by atoms with Crippen LogP contribution in [0.25, 0.3) is 0 Å². The molecule has 2 N–H and O–H groups in total. The molecule has 100 valence electrons. The normalized spacial score (nSPS) is 10.5. The van der Waals surface area contributed by atoms with Gasteiger partial charge in [-0.3, -0.25) is 10.0 Å². The first kappa shape index (κ1) is 14.3. The second kappa shape index (κ2) is 6.87. The molecule has 0 aliphatic rings. The standard InChI is InChI=1S/C11H18N4O3/c1-8(2)18-5-4-15(3)11-12-6-9(7-13-11)10(16)14-17/h6-8,17H,4-5H2,1-3H3,(H,14,16). The van der Waals surface area contributed by atoms with Crippen LogP contribution in [-0.4, -0.2) is 47.4 Å². The molecule has 1 heterocycles. The Hall–Kier alpha value is -1.73. The van der Waals surface area contributed by atoms with Crippen LogP contribution in [0, 0.1) is 0 Å². The number of nitrogens with one attached hydrogen (secondary N) is 1. The molecule has 0 bridgehead atoms. The van der Waals surface area contributed by atoms with Crippen molar-refractivity contribution in [2.45, 2.75) is 20.0 Å². The van der Waals surface area contributed by atoms with Crippen LogP contribution in [0.4, 0.5) is 5.95 Å². The second-order valence-electron chi connectivity index (χ2n) is 4.05. The largest absolute Gasteiger partial charge is 0.377 e. The maximum atomic E-state index is 11.1. The molecule has 18 heavy (non-hydrogen) atoms. The molecule has 1 amide bonds. The third-order valence-electron chi connectivity index (χ3n) is 2.22. The van der Waals surface area contributed by atoms with Gasteiger partial charge in [-0.1, -0.05) is 0 Å². The second-order valence-corrected chi connectivity index (χ2v) is 4.05. The van der Waals surface area contributed by atoms with Crippen LogP contribution in [0.1, 0.15) is 24.2 Å². The monoisotopic (exact) mass is 254 g/mol. The van der Waals surface area contributed by atoms with E-state index < -0.39 is 5.91 Å². The third-order valence-corrected chi connectivity index (χ3v) is 2.22. The molecule has 1 aromatic heterocycles. The van der Waals surface area contributed by atoms with Gasteiger partial charge in [-0.2, -0.15) is 0 Å². The van der Waals surface area contributed by atoms with Crippen LogP contribution in [0.2, 0.25) is 0 Å². The molecular weight excluding hydrogens is 236 g/mol. The fourth-order valence-corrected chi connectivity index (χ4v) is 1.23. The lowest BCUT2D eigenvalue weighted by molar-refractivity contribution is 0.0705. The Labute approximate surface area is 106 Å². The molecular formula is C11H18N4O3. The molecule has 7 heteroatoms. The zero-order valence-electron chi connectivity index (χ0n) is 10.8. The Kier molecular flexibility index (Phi) is 5.47. The smallest absolute Gasteiger partial charge is 0.277 e. The Morgan fingerprint density at radius 1 is 1.50 bits per heavy atom. The van der Waals surface area contributed by atoms with E-state index in [1.54, 1.807) is 0 Å². The summed E-state index contributed by atoms with van der Waals surface area (Å²) in [5.74, 6) is -0.135. The number of rotatable bonds is 6. The molecule has 1 aromatic rings. The van der Waals surface area contributed by atoms with Crippen molar-refractivity contribution in [2.24, 2.45) is 0 Å². The molecule has 0 unspecified atom stereocenters. The van der Waals surface area contributed by atoms with Crippen LogP contribution in [0.15, 0.2) is 12.4 Å². The molecule has 0 saturated carbocycles. The van der Waals surface area contributed by atoms with E-state index in [2.05, 4.69) is 9.97 Å². The van der Waals surface area contributed by atoms with Gasteiger partial charge in [0.25, 0.3) is 5.91 Å². The molecule has 7 nitrogen and oxygen atoms in total. The fraction of sp³-hybridized carbons (Fsp3) is 0.545. The number of carbonyl (C=O) groups is 1. The average Bonchev–Trinajstić information content (AvgIpc) is 2.37. The van der Waals surface area contributed by atoms with Crippen LogP contribution < -0.4 is 10.4 Å². The van der Waals surface area contributed by atoms with Gasteiger partial charge in [0.2, 0.25) is 5.95 Å². The van der Waals surface area contributed by atoms with Gasteiger partial charge in [-0.15, -0.1) is 0 Å². The van der Waals surface area contributed by atoms with Crippen molar-refractivity contribution in [3.63, 3.8) is 0 Å². The summed E-state index contributed by atoms with van der Waals surface area (Å²) in [6.45, 7) is 5.18. The summed E-state index contributed by atoms with van der Waals surface area (Å²) in [4.78, 5) is 21.0. The van der Waals surface area contributed by atoms with E-state index in [9.17, 15) is 4.79 Å². The predicted molar refractivity (Wildman–Crippen MR) is 65.6 cm³/mol. The van der Waals surface area contributed by atoms with E-state index in [1.807, 2.05) is 25.8 Å². The number of hydrogen-bond donors (Lipinski definition) is 2. The highest BCUT2D eigenvalue weighted by Crippen LogP contribution is 2.05. The van der Waals surface area contributed by atoms with Gasteiger partial charge < -0.3 is 9.64 Å². The number of ether oxygens (including phenoxy) is 1. The van der Waals surface area contributed by atoms with E-state index in [4.69, 9.17) is 9.94 Å². The highest BCUT2D eigenvalue weighted by Gasteiger charge is 2.08. The maximum absolute atomic E-state index is 11.1. The van der Waals surface area contributed by atoms with Gasteiger partial charge in [0.15, 0.2) is 0 Å². The summed E-state index contributed by atoms with van der Waals surface area (Å²) in [6, 6.07) is 0. The van der Waals surface area contributed by atoms with Gasteiger partial charge >= 0.3 is 0 Å². The van der Waals surface area contributed by atoms with Gasteiger partial charge in [-0.25, -0.2) is 15.4 Å². The predicted octanol–water partition coefficient (Wildman–Crippen LogP) is 0.457. The first-order chi connectivity index (χ1) is 8.54. The Bertz CT molecular complexity index is 380. The Morgan fingerprint density at radius 2 is 2.11 bits per heavy atom. The number of anilines is 1. The zero-order valence-corrected chi connectivity index (χ0v) is 10.8. The highest BCUT2D eigenvalue weighted by atomic mass is 16.5. The van der Waals surface area contributed by atoms with Crippen molar-refractivity contribution < 1.29 is 14.7 Å².